The number of amidine groups is 1. The average Bonchev–Trinajstić information content (AvgIpc) is 2.46. The van der Waals surface area contributed by atoms with E-state index in [-0.39, 0.29) is 18.2 Å². The molecule has 0 heterocycles. The minimum absolute atomic E-state index is 0.0753. The Bertz CT molecular complexity index is 480. The molecule has 0 saturated heterocycles. The van der Waals surface area contributed by atoms with E-state index in [0.717, 1.165) is 0 Å². The van der Waals surface area contributed by atoms with Crippen molar-refractivity contribution in [3.05, 3.63) is 34.9 Å². The third-order valence-corrected chi connectivity index (χ3v) is 2.93. The molecule has 0 aliphatic heterocycles. The van der Waals surface area contributed by atoms with Crippen molar-refractivity contribution in [2.24, 2.45) is 10.9 Å². The zero-order valence-electron chi connectivity index (χ0n) is 11.3. The monoisotopic (exact) mass is 299 g/mol. The molecular weight excluding hydrogens is 282 g/mol. The first-order chi connectivity index (χ1) is 9.58. The van der Waals surface area contributed by atoms with Gasteiger partial charge in [-0.2, -0.15) is 0 Å². The number of hydrogen-bond acceptors (Lipinski definition) is 4. The molecule has 6 nitrogen and oxygen atoms in total. The van der Waals surface area contributed by atoms with Gasteiger partial charge in [-0.1, -0.05) is 22.8 Å². The summed E-state index contributed by atoms with van der Waals surface area (Å²) in [7, 11) is 1.56. The molecule has 0 atom stereocenters. The molecule has 1 aromatic carbocycles. The van der Waals surface area contributed by atoms with E-state index in [1.54, 1.807) is 36.3 Å². The molecule has 0 aliphatic rings. The normalized spacial score (nSPS) is 11.4. The van der Waals surface area contributed by atoms with Gasteiger partial charge < -0.3 is 20.6 Å². The van der Waals surface area contributed by atoms with Gasteiger partial charge >= 0.3 is 0 Å². The molecule has 1 rings (SSSR count). The number of benzene rings is 1. The van der Waals surface area contributed by atoms with Crippen molar-refractivity contribution in [1.29, 1.82) is 0 Å². The Morgan fingerprint density at radius 3 is 2.85 bits per heavy atom. The van der Waals surface area contributed by atoms with Gasteiger partial charge in [0.1, 0.15) is 5.84 Å². The summed E-state index contributed by atoms with van der Waals surface area (Å²) >= 11 is 5.88. The van der Waals surface area contributed by atoms with Crippen molar-refractivity contribution in [1.82, 2.24) is 4.90 Å². The van der Waals surface area contributed by atoms with Gasteiger partial charge in [-0.3, -0.25) is 4.79 Å². The van der Waals surface area contributed by atoms with Crippen molar-refractivity contribution < 1.29 is 14.7 Å². The van der Waals surface area contributed by atoms with Crippen molar-refractivity contribution in [2.75, 3.05) is 26.8 Å². The number of nitrogens with zero attached hydrogens (tertiary/aromatic N) is 2. The SMILES string of the molecule is COCCN(CCC(N)=NO)C(=O)c1cccc(Cl)c1. The Balaban J connectivity index is 2.78. The maximum Gasteiger partial charge on any atom is 0.253 e. The van der Waals surface area contributed by atoms with Crippen LogP contribution in [0.4, 0.5) is 0 Å². The van der Waals surface area contributed by atoms with Crippen LogP contribution in [-0.4, -0.2) is 48.7 Å². The minimum Gasteiger partial charge on any atom is -0.409 e. The van der Waals surface area contributed by atoms with Gasteiger partial charge in [0.05, 0.1) is 6.61 Å². The lowest BCUT2D eigenvalue weighted by atomic mass is 10.2. The summed E-state index contributed by atoms with van der Waals surface area (Å²) in [5, 5.41) is 11.9. The molecule has 0 spiro atoms. The van der Waals surface area contributed by atoms with Crippen LogP contribution in [0, 0.1) is 0 Å². The first-order valence-corrected chi connectivity index (χ1v) is 6.46. The van der Waals surface area contributed by atoms with Crippen molar-refractivity contribution >= 4 is 23.3 Å². The van der Waals surface area contributed by atoms with E-state index in [4.69, 9.17) is 27.3 Å². The summed E-state index contributed by atoms with van der Waals surface area (Å²) < 4.78 is 4.98. The molecule has 0 saturated carbocycles. The first kappa shape index (κ1) is 16.3. The molecular formula is C13H18ClN3O3. The first-order valence-electron chi connectivity index (χ1n) is 6.08. The van der Waals surface area contributed by atoms with Gasteiger partial charge in [0.2, 0.25) is 0 Å². The van der Waals surface area contributed by atoms with Crippen LogP contribution in [0.5, 0.6) is 0 Å². The number of ether oxygens (including phenoxy) is 1. The highest BCUT2D eigenvalue weighted by molar-refractivity contribution is 6.30. The number of hydrogen-bond donors (Lipinski definition) is 2. The van der Waals surface area contributed by atoms with Crippen LogP contribution in [0.3, 0.4) is 0 Å². The summed E-state index contributed by atoms with van der Waals surface area (Å²) in [5.41, 5.74) is 5.92. The van der Waals surface area contributed by atoms with Crippen LogP contribution < -0.4 is 5.73 Å². The number of amides is 1. The fourth-order valence-electron chi connectivity index (χ4n) is 1.62. The summed E-state index contributed by atoms with van der Waals surface area (Å²) in [6.45, 7) is 1.16. The maximum absolute atomic E-state index is 12.4. The second kappa shape index (κ2) is 8.39. The van der Waals surface area contributed by atoms with E-state index in [1.807, 2.05) is 0 Å². The number of carbonyl (C=O) groups excluding carboxylic acids is 1. The average molecular weight is 300 g/mol. The van der Waals surface area contributed by atoms with E-state index in [2.05, 4.69) is 5.16 Å². The Morgan fingerprint density at radius 2 is 2.25 bits per heavy atom. The van der Waals surface area contributed by atoms with Gasteiger partial charge in [-0.15, -0.1) is 0 Å². The van der Waals surface area contributed by atoms with Crippen molar-refractivity contribution in [2.45, 2.75) is 6.42 Å². The fraction of sp³-hybridized carbons (Fsp3) is 0.385. The van der Waals surface area contributed by atoms with Gasteiger partial charge in [0.25, 0.3) is 5.91 Å². The third-order valence-electron chi connectivity index (χ3n) is 2.69. The van der Waals surface area contributed by atoms with Crippen LogP contribution in [0.2, 0.25) is 5.02 Å². The van der Waals surface area contributed by atoms with E-state index in [1.165, 1.54) is 0 Å². The number of halogens is 1. The molecule has 0 fully saturated rings. The molecule has 110 valence electrons. The Kier molecular flexibility index (Phi) is 6.83. The lowest BCUT2D eigenvalue weighted by molar-refractivity contribution is 0.0700. The van der Waals surface area contributed by atoms with E-state index >= 15 is 0 Å². The lowest BCUT2D eigenvalue weighted by Gasteiger charge is -2.22. The molecule has 0 unspecified atom stereocenters. The summed E-state index contributed by atoms with van der Waals surface area (Å²) in [4.78, 5) is 13.9. The van der Waals surface area contributed by atoms with Crippen LogP contribution in [-0.2, 0) is 4.74 Å². The van der Waals surface area contributed by atoms with Crippen LogP contribution >= 0.6 is 11.6 Å². The van der Waals surface area contributed by atoms with Crippen molar-refractivity contribution in [3.63, 3.8) is 0 Å². The molecule has 0 bridgehead atoms. The van der Waals surface area contributed by atoms with Gasteiger partial charge in [0, 0.05) is 37.2 Å². The van der Waals surface area contributed by atoms with Crippen LogP contribution in [0.25, 0.3) is 0 Å². The molecule has 0 aromatic heterocycles. The largest absolute Gasteiger partial charge is 0.409 e. The second-order valence-electron chi connectivity index (χ2n) is 4.14. The predicted octanol–water partition coefficient (Wildman–Crippen LogP) is 1.57. The van der Waals surface area contributed by atoms with E-state index < -0.39 is 0 Å². The van der Waals surface area contributed by atoms with Gasteiger partial charge in [-0.05, 0) is 18.2 Å². The number of methoxy groups -OCH3 is 1. The number of rotatable bonds is 7. The molecule has 0 aliphatic carbocycles. The molecule has 20 heavy (non-hydrogen) atoms. The minimum atomic E-state index is -0.171. The molecule has 0 radical (unpaired) electrons. The molecule has 1 aromatic rings. The number of oxime groups is 1. The highest BCUT2D eigenvalue weighted by Crippen LogP contribution is 2.13. The Labute approximate surface area is 122 Å². The molecule has 3 N–H and O–H groups in total. The maximum atomic E-state index is 12.4. The lowest BCUT2D eigenvalue weighted by Crippen LogP contribution is -2.36. The Hall–Kier alpha value is -1.79. The van der Waals surface area contributed by atoms with Crippen LogP contribution in [0.15, 0.2) is 29.4 Å². The van der Waals surface area contributed by atoms with Crippen molar-refractivity contribution in [3.8, 4) is 0 Å². The second-order valence-corrected chi connectivity index (χ2v) is 4.57. The summed E-state index contributed by atoms with van der Waals surface area (Å²) in [6, 6.07) is 6.71. The fourth-order valence-corrected chi connectivity index (χ4v) is 1.81. The molecule has 1 amide bonds. The Morgan fingerprint density at radius 1 is 1.50 bits per heavy atom. The van der Waals surface area contributed by atoms with Crippen LogP contribution in [0.1, 0.15) is 16.8 Å². The van der Waals surface area contributed by atoms with Gasteiger partial charge in [-0.25, -0.2) is 0 Å². The summed E-state index contributed by atoms with van der Waals surface area (Å²) in [5.74, 6) is -0.0957. The topological polar surface area (TPSA) is 88.2 Å². The predicted molar refractivity (Wildman–Crippen MR) is 77.3 cm³/mol. The zero-order chi connectivity index (χ0) is 15.0. The summed E-state index contributed by atoms with van der Waals surface area (Å²) in [6.07, 6.45) is 0.284. The third kappa shape index (κ3) is 5.07. The van der Waals surface area contributed by atoms with E-state index in [0.29, 0.717) is 30.3 Å². The molecule has 7 heteroatoms. The smallest absolute Gasteiger partial charge is 0.253 e. The zero-order valence-corrected chi connectivity index (χ0v) is 12.0. The van der Waals surface area contributed by atoms with Gasteiger partial charge in [0.15, 0.2) is 0 Å². The number of nitrogens with two attached hydrogens (primary N) is 1. The standard InChI is InChI=1S/C13H18ClN3O3/c1-20-8-7-17(6-5-12(15)16-19)13(18)10-3-2-4-11(14)9-10/h2-4,9,19H,5-8H2,1H3,(H2,15,16). The number of carbonyl (C=O) groups is 1. The highest BCUT2D eigenvalue weighted by Gasteiger charge is 2.16. The highest BCUT2D eigenvalue weighted by atomic mass is 35.5. The quantitative estimate of drug-likeness (QED) is 0.346. The van der Waals surface area contributed by atoms with E-state index in [9.17, 15) is 4.79 Å².